The molecule has 0 bridgehead atoms. The molecule has 2 rings (SSSR count). The number of hydrogen-bond acceptors (Lipinski definition) is 3. The molecule has 0 saturated heterocycles. The van der Waals surface area contributed by atoms with Crippen LogP contribution in [0.4, 0.5) is 4.39 Å². The molecule has 0 aromatic heterocycles. The highest BCUT2D eigenvalue weighted by atomic mass is 19.1. The van der Waals surface area contributed by atoms with Crippen LogP contribution in [0.25, 0.3) is 0 Å². The van der Waals surface area contributed by atoms with Crippen molar-refractivity contribution in [3.63, 3.8) is 0 Å². The molecule has 0 saturated carbocycles. The van der Waals surface area contributed by atoms with Gasteiger partial charge in [-0.2, -0.15) is 10.5 Å². The summed E-state index contributed by atoms with van der Waals surface area (Å²) < 4.78 is 13.5. The average molecular weight is 265 g/mol. The molecule has 20 heavy (non-hydrogen) atoms. The average Bonchev–Trinajstić information content (AvgIpc) is 2.50. The van der Waals surface area contributed by atoms with Gasteiger partial charge in [0.1, 0.15) is 5.82 Å². The minimum atomic E-state index is -0.323. The summed E-state index contributed by atoms with van der Waals surface area (Å²) in [5.41, 5.74) is 2.54. The molecule has 3 nitrogen and oxygen atoms in total. The maximum Gasteiger partial charge on any atom is 0.127 e. The number of halogens is 1. The van der Waals surface area contributed by atoms with Crippen LogP contribution in [-0.4, -0.2) is 0 Å². The summed E-state index contributed by atoms with van der Waals surface area (Å²) in [4.78, 5) is 0. The van der Waals surface area contributed by atoms with E-state index in [1.807, 2.05) is 18.2 Å². The molecule has 98 valence electrons. The van der Waals surface area contributed by atoms with Gasteiger partial charge in [0.25, 0.3) is 0 Å². The van der Waals surface area contributed by atoms with Crippen LogP contribution in [0.1, 0.15) is 22.3 Å². The van der Waals surface area contributed by atoms with E-state index in [2.05, 4.69) is 11.4 Å². The van der Waals surface area contributed by atoms with Crippen LogP contribution in [0.3, 0.4) is 0 Å². The smallest absolute Gasteiger partial charge is 0.127 e. The van der Waals surface area contributed by atoms with Gasteiger partial charge < -0.3 is 5.32 Å². The number of rotatable bonds is 4. The summed E-state index contributed by atoms with van der Waals surface area (Å²) in [6.07, 6.45) is 0. The second-order valence-corrected chi connectivity index (χ2v) is 4.33. The first-order valence-electron chi connectivity index (χ1n) is 6.11. The van der Waals surface area contributed by atoms with E-state index in [0.717, 1.165) is 5.56 Å². The van der Waals surface area contributed by atoms with Gasteiger partial charge in [0.2, 0.25) is 0 Å². The molecule has 0 spiro atoms. The third-order valence-corrected chi connectivity index (χ3v) is 2.90. The number of benzene rings is 2. The molecule has 0 radical (unpaired) electrons. The Labute approximate surface area is 116 Å². The quantitative estimate of drug-likeness (QED) is 0.924. The Morgan fingerprint density at radius 2 is 1.55 bits per heavy atom. The second-order valence-electron chi connectivity index (χ2n) is 4.33. The Balaban J connectivity index is 1.96. The molecule has 1 N–H and O–H groups in total. The van der Waals surface area contributed by atoms with E-state index < -0.39 is 0 Å². The first-order valence-corrected chi connectivity index (χ1v) is 6.11. The largest absolute Gasteiger partial charge is 0.309 e. The van der Waals surface area contributed by atoms with Gasteiger partial charge in [-0.25, -0.2) is 4.39 Å². The van der Waals surface area contributed by atoms with Crippen molar-refractivity contribution >= 4 is 0 Å². The van der Waals surface area contributed by atoms with Crippen LogP contribution in [-0.2, 0) is 13.1 Å². The number of hydrogen-bond donors (Lipinski definition) is 1. The van der Waals surface area contributed by atoms with Crippen molar-refractivity contribution in [3.05, 3.63) is 70.5 Å². The zero-order valence-electron chi connectivity index (χ0n) is 10.7. The monoisotopic (exact) mass is 265 g/mol. The standard InChI is InChI=1S/C16H12FN3/c17-16-6-5-14(9-19)7-15(16)11-20-10-13-3-1-12(8-18)2-4-13/h1-7,20H,10-11H2. The summed E-state index contributed by atoms with van der Waals surface area (Å²) in [7, 11) is 0. The summed E-state index contributed by atoms with van der Waals surface area (Å²) in [5, 5.41) is 20.6. The summed E-state index contributed by atoms with van der Waals surface area (Å²) in [6, 6.07) is 15.5. The lowest BCUT2D eigenvalue weighted by molar-refractivity contribution is 0.587. The molecule has 4 heteroatoms. The third-order valence-electron chi connectivity index (χ3n) is 2.90. The van der Waals surface area contributed by atoms with E-state index in [4.69, 9.17) is 10.5 Å². The fourth-order valence-electron chi connectivity index (χ4n) is 1.82. The minimum Gasteiger partial charge on any atom is -0.309 e. The molecule has 0 aliphatic carbocycles. The molecule has 2 aromatic carbocycles. The third kappa shape index (κ3) is 3.41. The summed E-state index contributed by atoms with van der Waals surface area (Å²) in [6.45, 7) is 0.920. The fourth-order valence-corrected chi connectivity index (χ4v) is 1.82. The molecule has 0 heterocycles. The number of nitriles is 2. The number of nitrogens with one attached hydrogen (secondary N) is 1. The topological polar surface area (TPSA) is 59.6 Å². The SMILES string of the molecule is N#Cc1ccc(CNCc2cc(C#N)ccc2F)cc1. The van der Waals surface area contributed by atoms with Gasteiger partial charge in [-0.1, -0.05) is 12.1 Å². The van der Waals surface area contributed by atoms with Crippen molar-refractivity contribution < 1.29 is 4.39 Å². The lowest BCUT2D eigenvalue weighted by atomic mass is 10.1. The molecular weight excluding hydrogens is 253 g/mol. The first kappa shape index (κ1) is 13.7. The van der Waals surface area contributed by atoms with Crippen LogP contribution >= 0.6 is 0 Å². The van der Waals surface area contributed by atoms with Crippen molar-refractivity contribution in [1.82, 2.24) is 5.32 Å². The Bertz CT molecular complexity index is 678. The predicted octanol–water partition coefficient (Wildman–Crippen LogP) is 2.86. The van der Waals surface area contributed by atoms with E-state index >= 15 is 0 Å². The normalized spacial score (nSPS) is 9.75. The van der Waals surface area contributed by atoms with Crippen molar-refractivity contribution in [1.29, 1.82) is 10.5 Å². The fraction of sp³-hybridized carbons (Fsp3) is 0.125. The van der Waals surface area contributed by atoms with Crippen molar-refractivity contribution in [2.45, 2.75) is 13.1 Å². The number of nitrogens with zero attached hydrogens (tertiary/aromatic N) is 2. The van der Waals surface area contributed by atoms with Crippen LogP contribution in [0.5, 0.6) is 0 Å². The zero-order valence-corrected chi connectivity index (χ0v) is 10.7. The van der Waals surface area contributed by atoms with Gasteiger partial charge in [0, 0.05) is 18.7 Å². The molecule has 0 unspecified atom stereocenters. The lowest BCUT2D eigenvalue weighted by Gasteiger charge is -2.06. The first-order chi connectivity index (χ1) is 9.72. The van der Waals surface area contributed by atoms with E-state index in [-0.39, 0.29) is 5.82 Å². The Kier molecular flexibility index (Phi) is 4.44. The van der Waals surface area contributed by atoms with Gasteiger partial charge in [0.05, 0.1) is 23.3 Å². The Morgan fingerprint density at radius 3 is 2.20 bits per heavy atom. The van der Waals surface area contributed by atoms with Crippen LogP contribution < -0.4 is 5.32 Å². The van der Waals surface area contributed by atoms with Crippen molar-refractivity contribution in [2.24, 2.45) is 0 Å². The van der Waals surface area contributed by atoms with Gasteiger partial charge in [-0.05, 0) is 35.9 Å². The van der Waals surface area contributed by atoms with Crippen LogP contribution in [0.2, 0.25) is 0 Å². The van der Waals surface area contributed by atoms with Crippen molar-refractivity contribution in [2.75, 3.05) is 0 Å². The highest BCUT2D eigenvalue weighted by Gasteiger charge is 2.03. The molecule has 0 amide bonds. The zero-order chi connectivity index (χ0) is 14.4. The molecular formula is C16H12FN3. The molecule has 0 aliphatic rings. The molecule has 0 fully saturated rings. The summed E-state index contributed by atoms with van der Waals surface area (Å²) in [5.74, 6) is -0.323. The second kappa shape index (κ2) is 6.47. The van der Waals surface area contributed by atoms with Gasteiger partial charge in [-0.15, -0.1) is 0 Å². The summed E-state index contributed by atoms with van der Waals surface area (Å²) >= 11 is 0. The Hall–Kier alpha value is -2.69. The maximum atomic E-state index is 13.5. The van der Waals surface area contributed by atoms with Gasteiger partial charge >= 0.3 is 0 Å². The predicted molar refractivity (Wildman–Crippen MR) is 72.8 cm³/mol. The van der Waals surface area contributed by atoms with Gasteiger partial charge in [0.15, 0.2) is 0 Å². The van der Waals surface area contributed by atoms with E-state index in [1.54, 1.807) is 18.2 Å². The van der Waals surface area contributed by atoms with Crippen molar-refractivity contribution in [3.8, 4) is 12.1 Å². The maximum absolute atomic E-state index is 13.5. The molecule has 0 aliphatic heterocycles. The Morgan fingerprint density at radius 1 is 0.900 bits per heavy atom. The van der Waals surface area contributed by atoms with Crippen LogP contribution in [0, 0.1) is 28.5 Å². The van der Waals surface area contributed by atoms with Crippen LogP contribution in [0.15, 0.2) is 42.5 Å². The highest BCUT2D eigenvalue weighted by Crippen LogP contribution is 2.10. The highest BCUT2D eigenvalue weighted by molar-refractivity contribution is 5.34. The van der Waals surface area contributed by atoms with E-state index in [0.29, 0.717) is 29.8 Å². The lowest BCUT2D eigenvalue weighted by Crippen LogP contribution is -2.13. The molecule has 0 atom stereocenters. The van der Waals surface area contributed by atoms with E-state index in [1.165, 1.54) is 12.1 Å². The minimum absolute atomic E-state index is 0.323. The van der Waals surface area contributed by atoms with Gasteiger partial charge in [-0.3, -0.25) is 0 Å². The van der Waals surface area contributed by atoms with E-state index in [9.17, 15) is 4.39 Å². The molecule has 2 aromatic rings.